The number of hydrogen-bond donors (Lipinski definition) is 2. The Labute approximate surface area is 230 Å². The molecule has 3 aromatic carbocycles. The van der Waals surface area contributed by atoms with Crippen molar-refractivity contribution in [1.29, 1.82) is 0 Å². The summed E-state index contributed by atoms with van der Waals surface area (Å²) in [5, 5.41) is 9.43. The number of rotatable bonds is 10. The summed E-state index contributed by atoms with van der Waals surface area (Å²) in [6.45, 7) is 4.71. The minimum absolute atomic E-state index is 0.166. The Morgan fingerprint density at radius 1 is 0.974 bits per heavy atom. The van der Waals surface area contributed by atoms with E-state index in [2.05, 4.69) is 13.8 Å². The summed E-state index contributed by atoms with van der Waals surface area (Å²) < 4.78 is 33.3. The van der Waals surface area contributed by atoms with E-state index in [0.717, 1.165) is 42.4 Å². The molecule has 0 heterocycles. The first-order chi connectivity index (χ1) is 18.7. The minimum Gasteiger partial charge on any atom is -0.508 e. The highest BCUT2D eigenvalue weighted by Crippen LogP contribution is 2.52. The lowest BCUT2D eigenvalue weighted by molar-refractivity contribution is -0.145. The maximum absolute atomic E-state index is 13.9. The van der Waals surface area contributed by atoms with Gasteiger partial charge in [0.15, 0.2) is 0 Å². The van der Waals surface area contributed by atoms with Gasteiger partial charge in [0.1, 0.15) is 23.4 Å². The Balaban J connectivity index is 1.44. The van der Waals surface area contributed by atoms with Crippen LogP contribution >= 0.6 is 0 Å². The van der Waals surface area contributed by atoms with Crippen molar-refractivity contribution in [2.45, 2.75) is 63.8 Å². The van der Waals surface area contributed by atoms with Crippen molar-refractivity contribution in [3.05, 3.63) is 101 Å². The SMILES string of the molecule is CC(CCOC(=O)[C@@H](N)Cc1ccc(O)cc1)CC1CC[C@H](C)CC1(c1ccc(F)cc1)c1ccc(F)cc1. The van der Waals surface area contributed by atoms with Crippen molar-refractivity contribution in [3.63, 3.8) is 0 Å². The Bertz CT molecular complexity index is 1170. The number of benzene rings is 3. The van der Waals surface area contributed by atoms with Crippen LogP contribution in [0.5, 0.6) is 5.75 Å². The monoisotopic (exact) mass is 535 g/mol. The molecule has 2 unspecified atom stereocenters. The van der Waals surface area contributed by atoms with Crippen molar-refractivity contribution < 1.29 is 23.4 Å². The number of nitrogens with two attached hydrogens (primary N) is 1. The fourth-order valence-corrected chi connectivity index (χ4v) is 6.28. The minimum atomic E-state index is -0.769. The van der Waals surface area contributed by atoms with Gasteiger partial charge >= 0.3 is 5.97 Å². The van der Waals surface area contributed by atoms with Gasteiger partial charge in [-0.3, -0.25) is 4.79 Å². The van der Waals surface area contributed by atoms with E-state index < -0.39 is 12.0 Å². The van der Waals surface area contributed by atoms with Gasteiger partial charge in [-0.05, 0) is 103 Å². The quantitative estimate of drug-likeness (QED) is 0.276. The molecular weight excluding hydrogens is 496 g/mol. The number of ether oxygens (including phenoxy) is 1. The van der Waals surface area contributed by atoms with Crippen LogP contribution in [0.4, 0.5) is 8.78 Å². The molecule has 3 N–H and O–H groups in total. The first-order valence-electron chi connectivity index (χ1n) is 13.9. The smallest absolute Gasteiger partial charge is 0.323 e. The fraction of sp³-hybridized carbons (Fsp3) is 0.424. The molecule has 39 heavy (non-hydrogen) atoms. The number of carbonyl (C=O) groups excluding carboxylic acids is 1. The van der Waals surface area contributed by atoms with Crippen LogP contribution in [0, 0.1) is 29.4 Å². The molecule has 1 saturated carbocycles. The molecule has 0 amide bonds. The van der Waals surface area contributed by atoms with Gasteiger partial charge in [-0.15, -0.1) is 0 Å². The summed E-state index contributed by atoms with van der Waals surface area (Å²) in [6.07, 6.45) is 4.96. The normalized spacial score (nSPS) is 20.2. The van der Waals surface area contributed by atoms with Crippen LogP contribution in [0.15, 0.2) is 72.8 Å². The predicted octanol–water partition coefficient (Wildman–Crippen LogP) is 6.92. The van der Waals surface area contributed by atoms with E-state index in [1.54, 1.807) is 24.3 Å². The first kappa shape index (κ1) is 28.8. The molecule has 1 aliphatic rings. The van der Waals surface area contributed by atoms with E-state index in [4.69, 9.17) is 10.5 Å². The van der Waals surface area contributed by atoms with E-state index in [9.17, 15) is 18.7 Å². The van der Waals surface area contributed by atoms with E-state index >= 15 is 0 Å². The fourth-order valence-electron chi connectivity index (χ4n) is 6.28. The van der Waals surface area contributed by atoms with E-state index in [1.807, 2.05) is 24.3 Å². The molecule has 0 bridgehead atoms. The highest BCUT2D eigenvalue weighted by atomic mass is 19.1. The maximum atomic E-state index is 13.9. The molecule has 0 aliphatic heterocycles. The average Bonchev–Trinajstić information content (AvgIpc) is 2.91. The molecule has 4 rings (SSSR count). The third-order valence-corrected chi connectivity index (χ3v) is 8.33. The van der Waals surface area contributed by atoms with Crippen LogP contribution in [0.1, 0.15) is 62.6 Å². The second-order valence-corrected chi connectivity index (χ2v) is 11.3. The molecule has 6 heteroatoms. The molecule has 0 saturated heterocycles. The molecule has 0 aromatic heterocycles. The lowest BCUT2D eigenvalue weighted by atomic mass is 9.55. The predicted molar refractivity (Wildman–Crippen MR) is 149 cm³/mol. The van der Waals surface area contributed by atoms with Gasteiger partial charge in [0, 0.05) is 5.41 Å². The van der Waals surface area contributed by atoms with Crippen molar-refractivity contribution in [1.82, 2.24) is 0 Å². The van der Waals surface area contributed by atoms with Crippen LogP contribution in [-0.2, 0) is 21.4 Å². The Hall–Kier alpha value is -3.25. The van der Waals surface area contributed by atoms with Gasteiger partial charge in [0.2, 0.25) is 0 Å². The molecule has 0 spiro atoms. The second-order valence-electron chi connectivity index (χ2n) is 11.3. The number of esters is 1. The number of phenolic OH excluding ortho intramolecular Hbond substituents is 1. The van der Waals surface area contributed by atoms with Crippen molar-refractivity contribution in [2.75, 3.05) is 6.61 Å². The summed E-state index contributed by atoms with van der Waals surface area (Å²) in [4.78, 5) is 12.5. The number of phenols is 1. The first-order valence-corrected chi connectivity index (χ1v) is 13.9. The topological polar surface area (TPSA) is 72.5 Å². The molecule has 1 aliphatic carbocycles. The molecule has 1 fully saturated rings. The lowest BCUT2D eigenvalue weighted by Crippen LogP contribution is -2.42. The zero-order chi connectivity index (χ0) is 28.0. The van der Waals surface area contributed by atoms with E-state index in [1.165, 1.54) is 24.3 Å². The zero-order valence-electron chi connectivity index (χ0n) is 22.8. The summed E-state index contributed by atoms with van der Waals surface area (Å²) >= 11 is 0. The largest absolute Gasteiger partial charge is 0.508 e. The number of aromatic hydroxyl groups is 1. The van der Waals surface area contributed by atoms with Crippen molar-refractivity contribution in [2.24, 2.45) is 23.5 Å². The standard InChI is InChI=1S/C33H39F2NO3/c1-22(17-18-39-32(38)31(36)20-24-4-15-30(37)16-5-24)19-27-6-3-23(2)21-33(27,25-7-11-28(34)12-8-25)26-9-13-29(35)14-10-26/h4-5,7-16,22-23,27,31,37H,3,6,17-21,36H2,1-2H3/t22?,23-,27?,31-/m0/s1. The third-order valence-electron chi connectivity index (χ3n) is 8.33. The van der Waals surface area contributed by atoms with E-state index in [-0.39, 0.29) is 41.2 Å². The molecule has 208 valence electrons. The lowest BCUT2D eigenvalue weighted by Gasteiger charge is -2.48. The van der Waals surface area contributed by atoms with Crippen LogP contribution in [-0.4, -0.2) is 23.7 Å². The Kier molecular flexibility index (Phi) is 9.39. The summed E-state index contributed by atoms with van der Waals surface area (Å²) in [6, 6.07) is 19.4. The maximum Gasteiger partial charge on any atom is 0.323 e. The van der Waals surface area contributed by atoms with Crippen LogP contribution in [0.25, 0.3) is 0 Å². The second kappa shape index (κ2) is 12.7. The number of carbonyl (C=O) groups is 1. The van der Waals surface area contributed by atoms with Gasteiger partial charge < -0.3 is 15.6 Å². The Morgan fingerprint density at radius 3 is 2.10 bits per heavy atom. The van der Waals surface area contributed by atoms with Gasteiger partial charge in [-0.2, -0.15) is 0 Å². The zero-order valence-corrected chi connectivity index (χ0v) is 22.8. The molecule has 0 radical (unpaired) electrons. The highest BCUT2D eigenvalue weighted by molar-refractivity contribution is 5.75. The summed E-state index contributed by atoms with van der Waals surface area (Å²) in [7, 11) is 0. The third kappa shape index (κ3) is 7.04. The van der Waals surface area contributed by atoms with Gasteiger partial charge in [-0.1, -0.05) is 56.7 Å². The molecule has 3 aromatic rings. The summed E-state index contributed by atoms with van der Waals surface area (Å²) in [5.74, 6) is 0.201. The molecule has 4 atom stereocenters. The molecular formula is C33H39F2NO3. The van der Waals surface area contributed by atoms with Gasteiger partial charge in [0.05, 0.1) is 6.61 Å². The van der Waals surface area contributed by atoms with Crippen LogP contribution in [0.2, 0.25) is 0 Å². The van der Waals surface area contributed by atoms with Gasteiger partial charge in [0.25, 0.3) is 0 Å². The number of hydrogen-bond acceptors (Lipinski definition) is 4. The highest BCUT2D eigenvalue weighted by Gasteiger charge is 2.45. The van der Waals surface area contributed by atoms with Crippen molar-refractivity contribution in [3.8, 4) is 5.75 Å². The number of halogens is 2. The van der Waals surface area contributed by atoms with Crippen LogP contribution in [0.3, 0.4) is 0 Å². The van der Waals surface area contributed by atoms with Crippen molar-refractivity contribution >= 4 is 5.97 Å². The van der Waals surface area contributed by atoms with Crippen LogP contribution < -0.4 is 5.73 Å². The average molecular weight is 536 g/mol. The molecule has 4 nitrogen and oxygen atoms in total. The Morgan fingerprint density at radius 2 is 1.54 bits per heavy atom. The summed E-state index contributed by atoms with van der Waals surface area (Å²) in [5.41, 5.74) is 8.69. The van der Waals surface area contributed by atoms with Gasteiger partial charge in [-0.25, -0.2) is 8.78 Å². The van der Waals surface area contributed by atoms with E-state index in [0.29, 0.717) is 18.8 Å².